The van der Waals surface area contributed by atoms with E-state index in [1.54, 1.807) is 6.07 Å². The lowest BCUT2D eigenvalue weighted by molar-refractivity contribution is 0.0848. The highest BCUT2D eigenvalue weighted by atomic mass is 35.5. The fourth-order valence-electron chi connectivity index (χ4n) is 2.39. The lowest BCUT2D eigenvalue weighted by Gasteiger charge is -2.28. The summed E-state index contributed by atoms with van der Waals surface area (Å²) in [5.74, 6) is -0.428. The summed E-state index contributed by atoms with van der Waals surface area (Å²) in [5, 5.41) is -0.462. The van der Waals surface area contributed by atoms with Crippen molar-refractivity contribution >= 4 is 17.4 Å². The van der Waals surface area contributed by atoms with Crippen LogP contribution in [0.1, 0.15) is 21.3 Å². The molecule has 0 aromatic heterocycles. The smallest absolute Gasteiger partial charge is 0.171 e. The van der Waals surface area contributed by atoms with Crippen molar-refractivity contribution in [1.29, 1.82) is 0 Å². The Balaban J connectivity index is 1.91. The Morgan fingerprint density at radius 2 is 2.00 bits per heavy atom. The van der Waals surface area contributed by atoms with Crippen LogP contribution >= 0.6 is 11.6 Å². The fourth-order valence-corrected chi connectivity index (χ4v) is 2.75. The molecule has 0 N–H and O–H groups in total. The number of hydrogen-bond donors (Lipinski definition) is 0. The van der Waals surface area contributed by atoms with E-state index in [9.17, 15) is 9.18 Å². The van der Waals surface area contributed by atoms with Crippen LogP contribution in [-0.4, -0.2) is 12.4 Å². The Morgan fingerprint density at radius 3 is 2.80 bits per heavy atom. The van der Waals surface area contributed by atoms with Crippen molar-refractivity contribution in [3.8, 4) is 5.75 Å². The van der Waals surface area contributed by atoms with Crippen LogP contribution in [0.25, 0.3) is 0 Å². The Labute approximate surface area is 121 Å². The number of rotatable bonds is 2. The van der Waals surface area contributed by atoms with E-state index in [-0.39, 0.29) is 12.4 Å². The summed E-state index contributed by atoms with van der Waals surface area (Å²) in [6, 6.07) is 13.0. The zero-order chi connectivity index (χ0) is 14.1. The highest BCUT2D eigenvalue weighted by molar-refractivity contribution is 6.23. The van der Waals surface area contributed by atoms with Crippen LogP contribution in [-0.2, 0) is 0 Å². The van der Waals surface area contributed by atoms with Crippen LogP contribution in [0.5, 0.6) is 5.75 Å². The van der Waals surface area contributed by atoms with Gasteiger partial charge in [-0.25, -0.2) is 4.39 Å². The standard InChI is InChI=1S/C16H12ClFO2/c17-15-12-6-1-2-7-14(12)20-9-13(15)16(19)10-4-3-5-11(18)8-10/h1-8,13,15H,9H2. The molecule has 1 aliphatic rings. The second kappa shape index (κ2) is 5.25. The molecule has 3 rings (SSSR count). The summed E-state index contributed by atoms with van der Waals surface area (Å²) in [5.41, 5.74) is 1.12. The second-order valence-electron chi connectivity index (χ2n) is 4.73. The summed E-state index contributed by atoms with van der Waals surface area (Å²) in [4.78, 5) is 12.4. The molecule has 102 valence electrons. The number of fused-ring (bicyclic) bond motifs is 1. The first-order valence-electron chi connectivity index (χ1n) is 6.32. The molecule has 0 bridgehead atoms. The van der Waals surface area contributed by atoms with E-state index in [0.29, 0.717) is 11.3 Å². The molecule has 2 unspecified atom stereocenters. The molecule has 2 aromatic rings. The van der Waals surface area contributed by atoms with Gasteiger partial charge in [0.2, 0.25) is 0 Å². The number of hydrogen-bond acceptors (Lipinski definition) is 2. The molecule has 4 heteroatoms. The molecule has 20 heavy (non-hydrogen) atoms. The van der Waals surface area contributed by atoms with Gasteiger partial charge in [0.15, 0.2) is 5.78 Å². The van der Waals surface area contributed by atoms with E-state index < -0.39 is 17.1 Å². The van der Waals surface area contributed by atoms with Gasteiger partial charge in [-0.05, 0) is 18.2 Å². The molecule has 2 atom stereocenters. The van der Waals surface area contributed by atoms with Crippen molar-refractivity contribution in [3.05, 3.63) is 65.5 Å². The number of Topliss-reactive ketones (excluding diaryl/α,β-unsaturated/α-hetero) is 1. The summed E-state index contributed by atoms with van der Waals surface area (Å²) in [7, 11) is 0. The number of halogens is 2. The van der Waals surface area contributed by atoms with Gasteiger partial charge in [-0.2, -0.15) is 0 Å². The number of carbonyl (C=O) groups excluding carboxylic acids is 1. The number of ether oxygens (including phenoxy) is 1. The number of benzene rings is 2. The zero-order valence-electron chi connectivity index (χ0n) is 10.6. The quantitative estimate of drug-likeness (QED) is 0.617. The fraction of sp³-hybridized carbons (Fsp3) is 0.188. The molecule has 0 spiro atoms. The van der Waals surface area contributed by atoms with Gasteiger partial charge in [0.1, 0.15) is 18.2 Å². The van der Waals surface area contributed by atoms with Crippen molar-refractivity contribution in [2.24, 2.45) is 5.92 Å². The van der Waals surface area contributed by atoms with E-state index in [2.05, 4.69) is 0 Å². The number of carbonyl (C=O) groups is 1. The maximum absolute atomic E-state index is 13.2. The minimum absolute atomic E-state index is 0.195. The zero-order valence-corrected chi connectivity index (χ0v) is 11.3. The normalized spacial score (nSPS) is 20.9. The molecule has 2 aromatic carbocycles. The summed E-state index contributed by atoms with van der Waals surface area (Å²) >= 11 is 6.40. The van der Waals surface area contributed by atoms with Crippen LogP contribution < -0.4 is 4.74 Å². The topological polar surface area (TPSA) is 26.3 Å². The molecular formula is C16H12ClFO2. The van der Waals surface area contributed by atoms with Crippen LogP contribution in [0, 0.1) is 11.7 Å². The van der Waals surface area contributed by atoms with Crippen molar-refractivity contribution in [3.63, 3.8) is 0 Å². The van der Waals surface area contributed by atoms with Gasteiger partial charge in [0, 0.05) is 11.1 Å². The lowest BCUT2D eigenvalue weighted by atomic mass is 9.89. The highest BCUT2D eigenvalue weighted by Gasteiger charge is 2.34. The Hall–Kier alpha value is -1.87. The molecule has 2 nitrogen and oxygen atoms in total. The van der Waals surface area contributed by atoms with Gasteiger partial charge >= 0.3 is 0 Å². The summed E-state index contributed by atoms with van der Waals surface area (Å²) < 4.78 is 18.8. The third-order valence-electron chi connectivity index (χ3n) is 3.43. The number of ketones is 1. The third-order valence-corrected chi connectivity index (χ3v) is 3.97. The lowest BCUT2D eigenvalue weighted by Crippen LogP contribution is -2.30. The summed E-state index contributed by atoms with van der Waals surface area (Å²) in [6.45, 7) is 0.209. The molecule has 1 heterocycles. The van der Waals surface area contributed by atoms with E-state index in [0.717, 1.165) is 5.56 Å². The second-order valence-corrected chi connectivity index (χ2v) is 5.20. The molecule has 0 radical (unpaired) electrons. The largest absolute Gasteiger partial charge is 0.492 e. The van der Waals surface area contributed by atoms with Crippen molar-refractivity contribution in [2.75, 3.05) is 6.61 Å². The third kappa shape index (κ3) is 2.29. The average molecular weight is 291 g/mol. The summed E-state index contributed by atoms with van der Waals surface area (Å²) in [6.07, 6.45) is 0. The van der Waals surface area contributed by atoms with Crippen LogP contribution in [0.4, 0.5) is 4.39 Å². The van der Waals surface area contributed by atoms with Crippen LogP contribution in [0.15, 0.2) is 48.5 Å². The van der Waals surface area contributed by atoms with E-state index in [1.807, 2.05) is 24.3 Å². The Bertz CT molecular complexity index is 656. The minimum Gasteiger partial charge on any atom is -0.492 e. The van der Waals surface area contributed by atoms with Gasteiger partial charge in [-0.15, -0.1) is 11.6 Å². The first kappa shape index (κ1) is 13.1. The maximum atomic E-state index is 13.2. The molecule has 0 saturated heterocycles. The van der Waals surface area contributed by atoms with Gasteiger partial charge in [0.05, 0.1) is 11.3 Å². The first-order valence-corrected chi connectivity index (χ1v) is 6.76. The van der Waals surface area contributed by atoms with Crippen molar-refractivity contribution < 1.29 is 13.9 Å². The maximum Gasteiger partial charge on any atom is 0.171 e. The Kier molecular flexibility index (Phi) is 3.45. The predicted octanol–water partition coefficient (Wildman–Crippen LogP) is 4.00. The minimum atomic E-state index is -0.506. The monoisotopic (exact) mass is 290 g/mol. The van der Waals surface area contributed by atoms with E-state index in [4.69, 9.17) is 16.3 Å². The van der Waals surface area contributed by atoms with Crippen molar-refractivity contribution in [2.45, 2.75) is 5.38 Å². The molecule has 0 aliphatic carbocycles. The van der Waals surface area contributed by atoms with Crippen molar-refractivity contribution in [1.82, 2.24) is 0 Å². The molecule has 0 amide bonds. The molecule has 1 aliphatic heterocycles. The van der Waals surface area contributed by atoms with Gasteiger partial charge < -0.3 is 4.74 Å². The highest BCUT2D eigenvalue weighted by Crippen LogP contribution is 2.40. The molecule has 0 fully saturated rings. The Morgan fingerprint density at radius 1 is 1.20 bits per heavy atom. The van der Waals surface area contributed by atoms with Crippen LogP contribution in [0.3, 0.4) is 0 Å². The number of para-hydroxylation sites is 1. The van der Waals surface area contributed by atoms with Gasteiger partial charge in [0.25, 0.3) is 0 Å². The average Bonchev–Trinajstić information content (AvgIpc) is 2.47. The SMILES string of the molecule is O=C(c1cccc(F)c1)C1COc2ccccc2C1Cl. The van der Waals surface area contributed by atoms with Gasteiger partial charge in [-0.3, -0.25) is 4.79 Å². The van der Waals surface area contributed by atoms with E-state index in [1.165, 1.54) is 18.2 Å². The molecule has 0 saturated carbocycles. The number of alkyl halides is 1. The van der Waals surface area contributed by atoms with E-state index >= 15 is 0 Å². The molecular weight excluding hydrogens is 279 g/mol. The predicted molar refractivity (Wildman–Crippen MR) is 74.8 cm³/mol. The van der Waals surface area contributed by atoms with Gasteiger partial charge in [-0.1, -0.05) is 30.3 Å². The van der Waals surface area contributed by atoms with Crippen LogP contribution in [0.2, 0.25) is 0 Å². The first-order chi connectivity index (χ1) is 9.66.